The first-order valence-corrected chi connectivity index (χ1v) is 12.8. The number of carbonyl (C=O) groups excluding carboxylic acids is 1. The standard InChI is InChI=1S/C27H32OS.C3H7N.C2H6/c1-5-17-27(3,4)18-16-24(20-25(29)6-2)26(28)23-14-12-22(13-15-23)19-21-10-8-7-9-11-21;1-3(2)4;1-2/h5,7-16,20,29H,1,6,17-19H2,2-4H3;1,4H2,2H3;1-2H3/b24-16-,25-20-;;. The minimum absolute atomic E-state index is 0.0469. The normalized spacial score (nSPS) is 11.4. The van der Waals surface area contributed by atoms with Crippen LogP contribution in [0.3, 0.4) is 0 Å². The molecule has 2 rings (SSSR count). The van der Waals surface area contributed by atoms with Gasteiger partial charge >= 0.3 is 0 Å². The monoisotopic (exact) mass is 491 g/mol. The maximum atomic E-state index is 13.2. The van der Waals surface area contributed by atoms with Crippen LogP contribution in [0.25, 0.3) is 0 Å². The molecule has 190 valence electrons. The quantitative estimate of drug-likeness (QED) is 0.114. The molecule has 0 aliphatic rings. The average molecular weight is 492 g/mol. The van der Waals surface area contributed by atoms with E-state index in [0.29, 0.717) is 16.8 Å². The van der Waals surface area contributed by atoms with Crippen LogP contribution >= 0.6 is 12.6 Å². The van der Waals surface area contributed by atoms with E-state index in [0.717, 1.165) is 30.6 Å². The Bertz CT molecular complexity index is 962. The number of hydrogen-bond acceptors (Lipinski definition) is 3. The van der Waals surface area contributed by atoms with Gasteiger partial charge in [-0.15, -0.1) is 19.2 Å². The molecule has 0 atom stereocenters. The predicted octanol–water partition coefficient (Wildman–Crippen LogP) is 9.11. The Morgan fingerprint density at radius 3 is 2.00 bits per heavy atom. The van der Waals surface area contributed by atoms with Gasteiger partial charge < -0.3 is 5.73 Å². The van der Waals surface area contributed by atoms with Crippen LogP contribution in [0, 0.1) is 5.41 Å². The summed E-state index contributed by atoms with van der Waals surface area (Å²) in [4.78, 5) is 14.1. The number of rotatable bonds is 10. The van der Waals surface area contributed by atoms with Gasteiger partial charge in [0.05, 0.1) is 0 Å². The molecule has 0 aliphatic carbocycles. The van der Waals surface area contributed by atoms with Gasteiger partial charge in [0.25, 0.3) is 0 Å². The van der Waals surface area contributed by atoms with Crippen molar-refractivity contribution in [2.75, 3.05) is 0 Å². The number of allylic oxidation sites excluding steroid dienone is 6. The fraction of sp³-hybridized carbons (Fsp3) is 0.344. The zero-order chi connectivity index (χ0) is 26.9. The second kappa shape index (κ2) is 17.6. The lowest BCUT2D eigenvalue weighted by Crippen LogP contribution is -2.10. The number of nitrogens with two attached hydrogens (primary N) is 1. The highest BCUT2D eigenvalue weighted by Crippen LogP contribution is 2.28. The van der Waals surface area contributed by atoms with Crippen molar-refractivity contribution >= 4 is 18.4 Å². The zero-order valence-corrected chi connectivity index (χ0v) is 23.5. The van der Waals surface area contributed by atoms with Crippen molar-refractivity contribution in [3.63, 3.8) is 0 Å². The van der Waals surface area contributed by atoms with E-state index in [1.54, 1.807) is 6.92 Å². The van der Waals surface area contributed by atoms with Crippen LogP contribution < -0.4 is 5.73 Å². The number of thiol groups is 1. The van der Waals surface area contributed by atoms with Crippen LogP contribution in [0.5, 0.6) is 0 Å². The van der Waals surface area contributed by atoms with Crippen LogP contribution in [0.15, 0.2) is 102 Å². The molecular formula is C32H45NOS. The fourth-order valence-corrected chi connectivity index (χ4v) is 3.27. The molecule has 2 N–H and O–H groups in total. The molecule has 0 saturated heterocycles. The van der Waals surface area contributed by atoms with E-state index in [1.165, 1.54) is 11.1 Å². The second-order valence-corrected chi connectivity index (χ2v) is 9.62. The Balaban J connectivity index is 0.00000174. The largest absolute Gasteiger partial charge is 0.403 e. The molecule has 0 aromatic heterocycles. The zero-order valence-electron chi connectivity index (χ0n) is 22.6. The van der Waals surface area contributed by atoms with Gasteiger partial charge in [0, 0.05) is 11.1 Å². The highest BCUT2D eigenvalue weighted by molar-refractivity contribution is 7.84. The Morgan fingerprint density at radius 2 is 1.51 bits per heavy atom. The van der Waals surface area contributed by atoms with Gasteiger partial charge in [0.1, 0.15) is 0 Å². The molecule has 0 saturated carbocycles. The molecule has 3 heteroatoms. The fourth-order valence-electron chi connectivity index (χ4n) is 3.13. The van der Waals surface area contributed by atoms with E-state index in [1.807, 2.05) is 75.4 Å². The minimum Gasteiger partial charge on any atom is -0.403 e. The van der Waals surface area contributed by atoms with Gasteiger partial charge in [-0.25, -0.2) is 0 Å². The summed E-state index contributed by atoms with van der Waals surface area (Å²) in [5.74, 6) is 0.0469. The molecule has 35 heavy (non-hydrogen) atoms. The van der Waals surface area contributed by atoms with E-state index in [-0.39, 0.29) is 11.2 Å². The molecule has 0 amide bonds. The summed E-state index contributed by atoms with van der Waals surface area (Å²) < 4.78 is 0. The lowest BCUT2D eigenvalue weighted by atomic mass is 9.84. The summed E-state index contributed by atoms with van der Waals surface area (Å²) in [6, 6.07) is 18.3. The van der Waals surface area contributed by atoms with E-state index < -0.39 is 0 Å². The van der Waals surface area contributed by atoms with Crippen LogP contribution in [-0.2, 0) is 6.42 Å². The predicted molar refractivity (Wildman–Crippen MR) is 159 cm³/mol. The van der Waals surface area contributed by atoms with Gasteiger partial charge in [-0.2, -0.15) is 0 Å². The molecule has 0 bridgehead atoms. The van der Waals surface area contributed by atoms with E-state index in [2.05, 4.69) is 57.8 Å². The molecule has 0 fully saturated rings. The van der Waals surface area contributed by atoms with Crippen LogP contribution in [0.2, 0.25) is 0 Å². The van der Waals surface area contributed by atoms with Gasteiger partial charge in [0.15, 0.2) is 5.78 Å². The maximum Gasteiger partial charge on any atom is 0.192 e. The first-order chi connectivity index (χ1) is 16.6. The van der Waals surface area contributed by atoms with Crippen LogP contribution in [0.4, 0.5) is 0 Å². The molecule has 0 spiro atoms. The van der Waals surface area contributed by atoms with Gasteiger partial charge in [0.2, 0.25) is 0 Å². The second-order valence-electron chi connectivity index (χ2n) is 9.04. The lowest BCUT2D eigenvalue weighted by molar-refractivity contribution is 0.103. The number of carbonyl (C=O) groups is 1. The lowest BCUT2D eigenvalue weighted by Gasteiger charge is -2.21. The number of benzene rings is 2. The van der Waals surface area contributed by atoms with Crippen LogP contribution in [-0.4, -0.2) is 5.78 Å². The van der Waals surface area contributed by atoms with Crippen molar-refractivity contribution in [2.24, 2.45) is 11.1 Å². The topological polar surface area (TPSA) is 43.1 Å². The van der Waals surface area contributed by atoms with Crippen molar-refractivity contribution in [1.29, 1.82) is 0 Å². The van der Waals surface area contributed by atoms with Gasteiger partial charge in [-0.1, -0.05) is 108 Å². The van der Waals surface area contributed by atoms with Crippen molar-refractivity contribution in [1.82, 2.24) is 0 Å². The third-order valence-electron chi connectivity index (χ3n) is 4.99. The van der Waals surface area contributed by atoms with Crippen molar-refractivity contribution < 1.29 is 4.79 Å². The highest BCUT2D eigenvalue weighted by atomic mass is 32.1. The summed E-state index contributed by atoms with van der Waals surface area (Å²) in [6.45, 7) is 19.4. The maximum absolute atomic E-state index is 13.2. The van der Waals surface area contributed by atoms with Gasteiger partial charge in [-0.05, 0) is 65.8 Å². The third-order valence-corrected chi connectivity index (χ3v) is 5.43. The van der Waals surface area contributed by atoms with Crippen molar-refractivity contribution in [3.05, 3.63) is 119 Å². The van der Waals surface area contributed by atoms with E-state index in [9.17, 15) is 4.79 Å². The van der Waals surface area contributed by atoms with Crippen LogP contribution in [0.1, 0.15) is 82.3 Å². The number of Topliss-reactive ketones (excluding diaryl/α,β-unsaturated/α-hetero) is 1. The summed E-state index contributed by atoms with van der Waals surface area (Å²) in [5, 5.41) is 0. The third kappa shape index (κ3) is 14.3. The Hall–Kier alpha value is -2.78. The van der Waals surface area contributed by atoms with Gasteiger partial charge in [-0.3, -0.25) is 4.79 Å². The first kappa shape index (κ1) is 32.2. The summed E-state index contributed by atoms with van der Waals surface area (Å²) in [7, 11) is 0. The first-order valence-electron chi connectivity index (χ1n) is 12.4. The summed E-state index contributed by atoms with van der Waals surface area (Å²) in [5.41, 5.74) is 9.54. The molecule has 2 nitrogen and oxygen atoms in total. The van der Waals surface area contributed by atoms with E-state index in [4.69, 9.17) is 5.73 Å². The molecule has 2 aromatic carbocycles. The molecule has 0 unspecified atom stereocenters. The molecule has 0 heterocycles. The van der Waals surface area contributed by atoms with Crippen molar-refractivity contribution in [2.45, 2.75) is 67.2 Å². The summed E-state index contributed by atoms with van der Waals surface area (Å²) in [6.07, 6.45) is 9.29. The minimum atomic E-state index is 0.0469. The SMILES string of the molecule is C=C(C)N.C=CCC(C)(C)C/C=C(/C=C(\S)CC)C(=O)c1ccc(Cc2ccccc2)cc1.CC. The number of ketones is 1. The Kier molecular flexibility index (Phi) is 16.2. The Labute approximate surface area is 220 Å². The highest BCUT2D eigenvalue weighted by Gasteiger charge is 2.17. The smallest absolute Gasteiger partial charge is 0.192 e. The molecule has 2 aromatic rings. The van der Waals surface area contributed by atoms with Crippen molar-refractivity contribution in [3.8, 4) is 0 Å². The molecular weight excluding hydrogens is 446 g/mol. The Morgan fingerprint density at radius 1 is 1.00 bits per heavy atom. The summed E-state index contributed by atoms with van der Waals surface area (Å²) >= 11 is 4.51. The molecule has 0 aliphatic heterocycles. The van der Waals surface area contributed by atoms with E-state index >= 15 is 0 Å². The molecule has 0 radical (unpaired) electrons. The number of hydrogen-bond donors (Lipinski definition) is 2. The average Bonchev–Trinajstić information content (AvgIpc) is 2.83.